The second-order valence-electron chi connectivity index (χ2n) is 8.57. The van der Waals surface area contributed by atoms with E-state index in [0.29, 0.717) is 18.2 Å². The van der Waals surface area contributed by atoms with Gasteiger partial charge in [-0.3, -0.25) is 14.7 Å². The molecule has 1 fully saturated rings. The molecule has 0 atom stereocenters. The third-order valence-corrected chi connectivity index (χ3v) is 6.21. The van der Waals surface area contributed by atoms with E-state index in [1.54, 1.807) is 36.7 Å². The molecule has 1 aliphatic rings. The van der Waals surface area contributed by atoms with Gasteiger partial charge in [0, 0.05) is 55.0 Å². The van der Waals surface area contributed by atoms with Crippen LogP contribution in [0, 0.1) is 0 Å². The predicted octanol–water partition coefficient (Wildman–Crippen LogP) is 5.45. The zero-order chi connectivity index (χ0) is 24.1. The van der Waals surface area contributed by atoms with Crippen LogP contribution in [-0.4, -0.2) is 42.0 Å². The van der Waals surface area contributed by atoms with E-state index in [0.717, 1.165) is 55.0 Å². The number of hydrogen-bond acceptors (Lipinski definition) is 4. The summed E-state index contributed by atoms with van der Waals surface area (Å²) in [7, 11) is 2.02. The van der Waals surface area contributed by atoms with E-state index >= 15 is 0 Å². The quantitative estimate of drug-likeness (QED) is 0.523. The van der Waals surface area contributed by atoms with Gasteiger partial charge in [-0.25, -0.2) is 0 Å². The third kappa shape index (κ3) is 5.94. The van der Waals surface area contributed by atoms with Crippen LogP contribution in [0.1, 0.15) is 34.3 Å². The molecule has 34 heavy (non-hydrogen) atoms. The molecular formula is C26H27F3N4O. The predicted molar refractivity (Wildman–Crippen MR) is 127 cm³/mol. The number of piperidine rings is 1. The van der Waals surface area contributed by atoms with Crippen molar-refractivity contribution >= 4 is 17.3 Å². The molecule has 1 amide bonds. The number of anilines is 2. The van der Waals surface area contributed by atoms with E-state index in [4.69, 9.17) is 0 Å². The van der Waals surface area contributed by atoms with Crippen molar-refractivity contribution in [3.8, 4) is 0 Å². The van der Waals surface area contributed by atoms with Gasteiger partial charge in [-0.1, -0.05) is 18.2 Å². The monoisotopic (exact) mass is 468 g/mol. The Kier molecular flexibility index (Phi) is 7.17. The molecule has 0 radical (unpaired) electrons. The highest BCUT2D eigenvalue weighted by Crippen LogP contribution is 2.30. The third-order valence-electron chi connectivity index (χ3n) is 6.21. The van der Waals surface area contributed by atoms with Gasteiger partial charge in [-0.05, 0) is 67.9 Å². The van der Waals surface area contributed by atoms with E-state index in [9.17, 15) is 18.0 Å². The summed E-state index contributed by atoms with van der Waals surface area (Å²) in [5.41, 5.74) is 2.59. The summed E-state index contributed by atoms with van der Waals surface area (Å²) < 4.78 is 38.3. The Hall–Kier alpha value is -3.39. The lowest BCUT2D eigenvalue weighted by Gasteiger charge is -2.38. The zero-order valence-electron chi connectivity index (χ0n) is 18.9. The Morgan fingerprint density at radius 2 is 1.74 bits per heavy atom. The largest absolute Gasteiger partial charge is 0.416 e. The van der Waals surface area contributed by atoms with Gasteiger partial charge in [0.2, 0.25) is 0 Å². The first-order chi connectivity index (χ1) is 16.3. The van der Waals surface area contributed by atoms with Crippen LogP contribution in [-0.2, 0) is 12.7 Å². The van der Waals surface area contributed by atoms with Crippen LogP contribution in [0.15, 0.2) is 73.1 Å². The summed E-state index contributed by atoms with van der Waals surface area (Å²) in [6.07, 6.45) is 0.764. The number of halogens is 3. The lowest BCUT2D eigenvalue weighted by Crippen LogP contribution is -2.43. The minimum Gasteiger partial charge on any atom is -0.371 e. The molecule has 178 valence electrons. The van der Waals surface area contributed by atoms with Gasteiger partial charge in [0.1, 0.15) is 0 Å². The van der Waals surface area contributed by atoms with Crippen LogP contribution in [0.2, 0.25) is 0 Å². The Morgan fingerprint density at radius 3 is 2.38 bits per heavy atom. The van der Waals surface area contributed by atoms with Crippen molar-refractivity contribution in [2.45, 2.75) is 31.6 Å². The van der Waals surface area contributed by atoms with Gasteiger partial charge in [-0.15, -0.1) is 0 Å². The second-order valence-corrected chi connectivity index (χ2v) is 8.57. The van der Waals surface area contributed by atoms with Crippen molar-refractivity contribution in [2.75, 3.05) is 30.4 Å². The van der Waals surface area contributed by atoms with Crippen molar-refractivity contribution in [3.63, 3.8) is 0 Å². The molecule has 0 bridgehead atoms. The maximum Gasteiger partial charge on any atom is 0.416 e. The minimum atomic E-state index is -4.31. The van der Waals surface area contributed by atoms with E-state index in [2.05, 4.69) is 20.1 Å². The molecule has 4 rings (SSSR count). The number of nitrogens with one attached hydrogen (secondary N) is 1. The summed E-state index contributed by atoms with van der Waals surface area (Å²) in [6, 6.07) is 16.9. The Balaban J connectivity index is 1.31. The fraction of sp³-hybridized carbons (Fsp3) is 0.308. The van der Waals surface area contributed by atoms with Crippen LogP contribution < -0.4 is 10.2 Å². The van der Waals surface area contributed by atoms with Gasteiger partial charge in [-0.2, -0.15) is 13.2 Å². The van der Waals surface area contributed by atoms with Gasteiger partial charge < -0.3 is 10.2 Å². The van der Waals surface area contributed by atoms with Crippen molar-refractivity contribution < 1.29 is 18.0 Å². The first kappa shape index (κ1) is 23.8. The van der Waals surface area contributed by atoms with Gasteiger partial charge in [0.25, 0.3) is 5.91 Å². The summed E-state index contributed by atoms with van der Waals surface area (Å²) >= 11 is 0. The maximum atomic E-state index is 12.8. The fourth-order valence-corrected chi connectivity index (χ4v) is 4.27. The average molecular weight is 469 g/mol. The molecule has 1 N–H and O–H groups in total. The molecule has 1 aromatic heterocycles. The smallest absolute Gasteiger partial charge is 0.371 e. The molecule has 2 heterocycles. The van der Waals surface area contributed by atoms with Crippen molar-refractivity contribution in [2.24, 2.45) is 0 Å². The van der Waals surface area contributed by atoms with Gasteiger partial charge in [0.15, 0.2) is 0 Å². The number of carbonyl (C=O) groups is 1. The maximum absolute atomic E-state index is 12.8. The molecule has 0 unspecified atom stereocenters. The van der Waals surface area contributed by atoms with Crippen LogP contribution >= 0.6 is 0 Å². The number of aromatic nitrogens is 1. The van der Waals surface area contributed by atoms with E-state index < -0.39 is 11.7 Å². The highest BCUT2D eigenvalue weighted by Gasteiger charge is 2.30. The van der Waals surface area contributed by atoms with E-state index in [1.807, 2.05) is 31.3 Å². The van der Waals surface area contributed by atoms with Crippen LogP contribution in [0.25, 0.3) is 0 Å². The summed E-state index contributed by atoms with van der Waals surface area (Å²) in [6.45, 7) is 2.34. The SMILES string of the molecule is CN(Cc1ccc(C(F)(F)F)cc1)C1CCN(c2cccc(NC(=O)c3ccncc3)c2)CC1. The lowest BCUT2D eigenvalue weighted by atomic mass is 10.0. The lowest BCUT2D eigenvalue weighted by molar-refractivity contribution is -0.137. The second kappa shape index (κ2) is 10.3. The van der Waals surface area contributed by atoms with E-state index in [1.165, 1.54) is 0 Å². The fourth-order valence-electron chi connectivity index (χ4n) is 4.27. The molecule has 0 saturated carbocycles. The number of nitrogens with zero attached hydrogens (tertiary/aromatic N) is 3. The summed E-state index contributed by atoms with van der Waals surface area (Å²) in [5.74, 6) is -0.178. The molecule has 3 aromatic rings. The molecular weight excluding hydrogens is 441 g/mol. The van der Waals surface area contributed by atoms with Crippen LogP contribution in [0.4, 0.5) is 24.5 Å². The molecule has 1 saturated heterocycles. The molecule has 1 aliphatic heterocycles. The molecule has 5 nitrogen and oxygen atoms in total. The Labute approximate surface area is 197 Å². The zero-order valence-corrected chi connectivity index (χ0v) is 18.9. The number of benzene rings is 2. The number of pyridine rings is 1. The highest BCUT2D eigenvalue weighted by molar-refractivity contribution is 6.04. The highest BCUT2D eigenvalue weighted by atomic mass is 19.4. The number of carbonyl (C=O) groups excluding carboxylic acids is 1. The van der Waals surface area contributed by atoms with Gasteiger partial charge >= 0.3 is 6.18 Å². The number of alkyl halides is 3. The topological polar surface area (TPSA) is 48.5 Å². The first-order valence-corrected chi connectivity index (χ1v) is 11.2. The molecule has 0 aliphatic carbocycles. The standard InChI is InChI=1S/C26H27F3N4O/c1-32(18-19-5-7-21(8-6-19)26(27,28)29)23-11-15-33(16-12-23)24-4-2-3-22(17-24)31-25(34)20-9-13-30-14-10-20/h2-10,13-14,17,23H,11-12,15-16,18H2,1H3,(H,31,34). The molecule has 8 heteroatoms. The first-order valence-electron chi connectivity index (χ1n) is 11.2. The minimum absolute atomic E-state index is 0.178. The normalized spacial score (nSPS) is 14.9. The average Bonchev–Trinajstić information content (AvgIpc) is 2.84. The number of amides is 1. The van der Waals surface area contributed by atoms with Gasteiger partial charge in [0.05, 0.1) is 5.56 Å². The van der Waals surface area contributed by atoms with Crippen molar-refractivity contribution in [3.05, 3.63) is 89.7 Å². The Morgan fingerprint density at radius 1 is 1.06 bits per heavy atom. The number of hydrogen-bond donors (Lipinski definition) is 1. The Bertz CT molecular complexity index is 1100. The van der Waals surface area contributed by atoms with Crippen LogP contribution in [0.5, 0.6) is 0 Å². The molecule has 0 spiro atoms. The van der Waals surface area contributed by atoms with Crippen LogP contribution in [0.3, 0.4) is 0 Å². The summed E-state index contributed by atoms with van der Waals surface area (Å²) in [5, 5.41) is 2.93. The molecule has 2 aromatic carbocycles. The summed E-state index contributed by atoms with van der Waals surface area (Å²) in [4.78, 5) is 20.9. The van der Waals surface area contributed by atoms with Crippen molar-refractivity contribution in [1.82, 2.24) is 9.88 Å². The van der Waals surface area contributed by atoms with Crippen molar-refractivity contribution in [1.29, 1.82) is 0 Å². The van der Waals surface area contributed by atoms with E-state index in [-0.39, 0.29) is 5.91 Å². The number of rotatable bonds is 6.